The van der Waals surface area contributed by atoms with Crippen molar-refractivity contribution >= 4 is 16.9 Å². The number of hydrogen-bond donors (Lipinski definition) is 1. The van der Waals surface area contributed by atoms with Gasteiger partial charge in [0.2, 0.25) is 0 Å². The first-order valence-electron chi connectivity index (χ1n) is 5.49. The molecule has 1 aromatic heterocycles. The van der Waals surface area contributed by atoms with Crippen LogP contribution in [0.25, 0.3) is 11.0 Å². The highest BCUT2D eigenvalue weighted by atomic mass is 16.5. The lowest BCUT2D eigenvalue weighted by Gasteiger charge is -2.11. The van der Waals surface area contributed by atoms with Gasteiger partial charge in [-0.25, -0.2) is 0 Å². The van der Waals surface area contributed by atoms with Gasteiger partial charge in [-0.1, -0.05) is 18.2 Å². The van der Waals surface area contributed by atoms with Gasteiger partial charge in [0.05, 0.1) is 19.8 Å². The van der Waals surface area contributed by atoms with Crippen molar-refractivity contribution in [1.29, 1.82) is 0 Å². The van der Waals surface area contributed by atoms with Crippen molar-refractivity contribution < 1.29 is 13.9 Å². The van der Waals surface area contributed by atoms with Gasteiger partial charge in [-0.15, -0.1) is 0 Å². The van der Waals surface area contributed by atoms with Crippen molar-refractivity contribution in [1.82, 2.24) is 0 Å². The number of benzene rings is 1. The van der Waals surface area contributed by atoms with Crippen molar-refractivity contribution in [2.75, 3.05) is 13.7 Å². The van der Waals surface area contributed by atoms with Crippen LogP contribution in [-0.4, -0.2) is 19.6 Å². The van der Waals surface area contributed by atoms with Crippen LogP contribution in [0.5, 0.6) is 0 Å². The van der Waals surface area contributed by atoms with Gasteiger partial charge in [-0.05, 0) is 12.6 Å². The number of nitrogens with two attached hydrogens (primary N) is 1. The van der Waals surface area contributed by atoms with E-state index in [2.05, 4.69) is 4.74 Å². The molecule has 0 bridgehead atoms. The summed E-state index contributed by atoms with van der Waals surface area (Å²) in [5.74, 6) is -0.322. The van der Waals surface area contributed by atoms with Gasteiger partial charge < -0.3 is 14.9 Å². The first-order chi connectivity index (χ1) is 8.26. The van der Waals surface area contributed by atoms with E-state index in [-0.39, 0.29) is 18.3 Å². The molecule has 0 saturated heterocycles. The molecule has 2 aromatic rings. The third kappa shape index (κ3) is 2.31. The van der Waals surface area contributed by atoms with E-state index in [4.69, 9.17) is 10.2 Å². The standard InChI is InChI=1S/C13H15NO3/c1-16-13(15)6-9(7-14)11-8-17-12-5-3-2-4-10(11)12/h2-5,8-9H,6-7,14H2,1H3. The van der Waals surface area contributed by atoms with Crippen LogP contribution in [0.15, 0.2) is 34.9 Å². The molecule has 0 spiro atoms. The van der Waals surface area contributed by atoms with Crippen molar-refractivity contribution in [3.63, 3.8) is 0 Å². The van der Waals surface area contributed by atoms with Gasteiger partial charge in [0.25, 0.3) is 0 Å². The molecule has 0 fully saturated rings. The summed E-state index contributed by atoms with van der Waals surface area (Å²) in [4.78, 5) is 11.3. The van der Waals surface area contributed by atoms with Crippen LogP contribution in [0.2, 0.25) is 0 Å². The summed E-state index contributed by atoms with van der Waals surface area (Å²) in [5.41, 5.74) is 7.49. The Labute approximate surface area is 99.3 Å². The Balaban J connectivity index is 2.33. The molecular formula is C13H15NO3. The second-order valence-corrected chi connectivity index (χ2v) is 3.90. The number of ether oxygens (including phenoxy) is 1. The Morgan fingerprint density at radius 1 is 1.47 bits per heavy atom. The highest BCUT2D eigenvalue weighted by molar-refractivity contribution is 5.82. The highest BCUT2D eigenvalue weighted by Crippen LogP contribution is 2.29. The molecule has 4 heteroatoms. The van der Waals surface area contributed by atoms with E-state index in [1.165, 1.54) is 7.11 Å². The number of para-hydroxylation sites is 1. The lowest BCUT2D eigenvalue weighted by atomic mass is 9.95. The summed E-state index contributed by atoms with van der Waals surface area (Å²) in [7, 11) is 1.38. The molecule has 0 aliphatic heterocycles. The maximum Gasteiger partial charge on any atom is 0.306 e. The van der Waals surface area contributed by atoms with Crippen molar-refractivity contribution in [2.24, 2.45) is 5.73 Å². The predicted molar refractivity (Wildman–Crippen MR) is 64.6 cm³/mol. The van der Waals surface area contributed by atoms with Gasteiger partial charge >= 0.3 is 5.97 Å². The Bertz CT molecular complexity index is 518. The van der Waals surface area contributed by atoms with Crippen LogP contribution in [0.1, 0.15) is 17.9 Å². The molecule has 1 aromatic carbocycles. The lowest BCUT2D eigenvalue weighted by Crippen LogP contribution is -2.17. The predicted octanol–water partition coefficient (Wildman–Crippen LogP) is 2.04. The summed E-state index contributed by atoms with van der Waals surface area (Å²) < 4.78 is 10.1. The minimum absolute atomic E-state index is 0.0638. The van der Waals surface area contributed by atoms with Gasteiger partial charge in [-0.2, -0.15) is 0 Å². The maximum absolute atomic E-state index is 11.3. The molecular weight excluding hydrogens is 218 g/mol. The number of carbonyl (C=O) groups is 1. The molecule has 90 valence electrons. The SMILES string of the molecule is COC(=O)CC(CN)c1coc2ccccc12. The Morgan fingerprint density at radius 3 is 2.94 bits per heavy atom. The third-order valence-electron chi connectivity index (χ3n) is 2.88. The van der Waals surface area contributed by atoms with E-state index in [9.17, 15) is 4.79 Å². The minimum atomic E-state index is -0.259. The minimum Gasteiger partial charge on any atom is -0.469 e. The molecule has 2 rings (SSSR count). The Kier molecular flexibility index (Phi) is 3.44. The largest absolute Gasteiger partial charge is 0.469 e. The van der Waals surface area contributed by atoms with Crippen LogP contribution < -0.4 is 5.73 Å². The molecule has 0 aliphatic carbocycles. The van der Waals surface area contributed by atoms with E-state index in [1.54, 1.807) is 6.26 Å². The van der Waals surface area contributed by atoms with Crippen LogP contribution in [-0.2, 0) is 9.53 Å². The second-order valence-electron chi connectivity index (χ2n) is 3.90. The summed E-state index contributed by atoms with van der Waals surface area (Å²) in [6.45, 7) is 0.388. The number of esters is 1. The Morgan fingerprint density at radius 2 is 2.24 bits per heavy atom. The topological polar surface area (TPSA) is 65.5 Å². The second kappa shape index (κ2) is 5.01. The van der Waals surface area contributed by atoms with Crippen LogP contribution in [0.3, 0.4) is 0 Å². The molecule has 4 nitrogen and oxygen atoms in total. The summed E-state index contributed by atoms with van der Waals surface area (Å²) in [6, 6.07) is 7.71. The van der Waals surface area contributed by atoms with E-state index >= 15 is 0 Å². The van der Waals surface area contributed by atoms with Crippen LogP contribution >= 0.6 is 0 Å². The van der Waals surface area contributed by atoms with Gasteiger partial charge in [-0.3, -0.25) is 4.79 Å². The summed E-state index contributed by atoms with van der Waals surface area (Å²) >= 11 is 0. The van der Waals surface area contributed by atoms with E-state index < -0.39 is 0 Å². The van der Waals surface area contributed by atoms with E-state index in [0.29, 0.717) is 6.54 Å². The van der Waals surface area contributed by atoms with Gasteiger partial charge in [0.15, 0.2) is 0 Å². The zero-order valence-corrected chi connectivity index (χ0v) is 9.68. The summed E-state index contributed by atoms with van der Waals surface area (Å²) in [5, 5.41) is 1.01. The first-order valence-corrected chi connectivity index (χ1v) is 5.49. The number of fused-ring (bicyclic) bond motifs is 1. The monoisotopic (exact) mass is 233 g/mol. The molecule has 1 heterocycles. The number of rotatable bonds is 4. The number of hydrogen-bond acceptors (Lipinski definition) is 4. The third-order valence-corrected chi connectivity index (χ3v) is 2.88. The molecule has 2 N–H and O–H groups in total. The smallest absolute Gasteiger partial charge is 0.306 e. The first kappa shape index (κ1) is 11.7. The molecule has 1 unspecified atom stereocenters. The van der Waals surface area contributed by atoms with Gasteiger partial charge in [0.1, 0.15) is 5.58 Å². The molecule has 0 radical (unpaired) electrons. The average molecular weight is 233 g/mol. The molecule has 0 amide bonds. The number of methoxy groups -OCH3 is 1. The summed E-state index contributed by atoms with van der Waals surface area (Å²) in [6.07, 6.45) is 1.95. The zero-order chi connectivity index (χ0) is 12.3. The molecule has 0 aliphatic rings. The average Bonchev–Trinajstić information content (AvgIpc) is 2.79. The normalized spacial score (nSPS) is 12.6. The quantitative estimate of drug-likeness (QED) is 0.821. The lowest BCUT2D eigenvalue weighted by molar-refractivity contribution is -0.141. The molecule has 0 saturated carbocycles. The fourth-order valence-corrected chi connectivity index (χ4v) is 1.92. The van der Waals surface area contributed by atoms with Crippen LogP contribution in [0, 0.1) is 0 Å². The van der Waals surface area contributed by atoms with Crippen molar-refractivity contribution in [2.45, 2.75) is 12.3 Å². The zero-order valence-electron chi connectivity index (χ0n) is 9.68. The van der Waals surface area contributed by atoms with Crippen molar-refractivity contribution in [3.05, 3.63) is 36.1 Å². The van der Waals surface area contributed by atoms with Gasteiger partial charge in [0, 0.05) is 16.9 Å². The maximum atomic E-state index is 11.3. The fraction of sp³-hybridized carbons (Fsp3) is 0.308. The van der Waals surface area contributed by atoms with Crippen molar-refractivity contribution in [3.8, 4) is 0 Å². The Hall–Kier alpha value is -1.81. The highest BCUT2D eigenvalue weighted by Gasteiger charge is 2.19. The fourth-order valence-electron chi connectivity index (χ4n) is 1.92. The van der Waals surface area contributed by atoms with Crippen LogP contribution in [0.4, 0.5) is 0 Å². The number of furan rings is 1. The van der Waals surface area contributed by atoms with E-state index in [1.807, 2.05) is 24.3 Å². The molecule has 17 heavy (non-hydrogen) atoms. The van der Waals surface area contributed by atoms with E-state index in [0.717, 1.165) is 16.5 Å². The number of carbonyl (C=O) groups excluding carboxylic acids is 1. The molecule has 1 atom stereocenters.